The minimum atomic E-state index is 0.0150. The van der Waals surface area contributed by atoms with Crippen molar-refractivity contribution in [1.82, 2.24) is 9.88 Å². The molecular weight excluding hydrogens is 224 g/mol. The van der Waals surface area contributed by atoms with Crippen molar-refractivity contribution in [3.63, 3.8) is 0 Å². The summed E-state index contributed by atoms with van der Waals surface area (Å²) in [7, 11) is 0. The van der Waals surface area contributed by atoms with Crippen LogP contribution in [-0.4, -0.2) is 34.3 Å². The fourth-order valence-electron chi connectivity index (χ4n) is 2.11. The lowest BCUT2D eigenvalue weighted by Crippen LogP contribution is -2.37. The van der Waals surface area contributed by atoms with Crippen LogP contribution in [0.2, 0.25) is 0 Å². The van der Waals surface area contributed by atoms with E-state index in [1.54, 1.807) is 6.20 Å². The second kappa shape index (κ2) is 4.83. The number of hydrogen-bond acceptors (Lipinski definition) is 2. The van der Waals surface area contributed by atoms with Gasteiger partial charge in [0, 0.05) is 24.7 Å². The Hall–Kier alpha value is -1.09. The summed E-state index contributed by atoms with van der Waals surface area (Å²) >= 11 is 5.86. The van der Waals surface area contributed by atoms with E-state index in [0.29, 0.717) is 11.6 Å². The number of amides is 1. The predicted molar refractivity (Wildman–Crippen MR) is 63.8 cm³/mol. The SMILES string of the molecule is Cc1cccnc1C(=O)N1CCCC1CCl. The zero-order valence-electron chi connectivity index (χ0n) is 9.32. The number of aromatic nitrogens is 1. The number of pyridine rings is 1. The van der Waals surface area contributed by atoms with Crippen LogP contribution in [0.1, 0.15) is 28.9 Å². The van der Waals surface area contributed by atoms with E-state index in [4.69, 9.17) is 11.6 Å². The fourth-order valence-corrected chi connectivity index (χ4v) is 2.43. The van der Waals surface area contributed by atoms with Gasteiger partial charge in [-0.2, -0.15) is 0 Å². The van der Waals surface area contributed by atoms with Gasteiger partial charge in [0.2, 0.25) is 0 Å². The van der Waals surface area contributed by atoms with Gasteiger partial charge in [-0.3, -0.25) is 9.78 Å². The normalized spacial score (nSPS) is 20.1. The molecule has 1 unspecified atom stereocenters. The van der Waals surface area contributed by atoms with Gasteiger partial charge in [-0.05, 0) is 31.4 Å². The summed E-state index contributed by atoms with van der Waals surface area (Å²) in [5, 5.41) is 0. The second-order valence-corrected chi connectivity index (χ2v) is 4.43. The molecule has 0 spiro atoms. The average Bonchev–Trinajstić information content (AvgIpc) is 2.77. The first-order valence-electron chi connectivity index (χ1n) is 5.52. The number of carbonyl (C=O) groups is 1. The van der Waals surface area contributed by atoms with Crippen LogP contribution >= 0.6 is 11.6 Å². The molecule has 0 N–H and O–H groups in total. The summed E-state index contributed by atoms with van der Waals surface area (Å²) in [5.74, 6) is 0.527. The summed E-state index contributed by atoms with van der Waals surface area (Å²) in [6.45, 7) is 2.71. The summed E-state index contributed by atoms with van der Waals surface area (Å²) in [6, 6.07) is 3.93. The van der Waals surface area contributed by atoms with E-state index in [1.807, 2.05) is 24.0 Å². The number of rotatable bonds is 2. The van der Waals surface area contributed by atoms with E-state index in [-0.39, 0.29) is 11.9 Å². The summed E-state index contributed by atoms with van der Waals surface area (Å²) in [5.41, 5.74) is 1.48. The van der Waals surface area contributed by atoms with E-state index in [1.165, 1.54) is 0 Å². The molecule has 1 aliphatic rings. The first-order valence-corrected chi connectivity index (χ1v) is 6.06. The van der Waals surface area contributed by atoms with Crippen molar-refractivity contribution < 1.29 is 4.79 Å². The third-order valence-corrected chi connectivity index (χ3v) is 3.38. The van der Waals surface area contributed by atoms with Crippen molar-refractivity contribution in [3.8, 4) is 0 Å². The molecule has 1 aromatic heterocycles. The number of hydrogen-bond donors (Lipinski definition) is 0. The van der Waals surface area contributed by atoms with Gasteiger partial charge in [-0.15, -0.1) is 11.6 Å². The van der Waals surface area contributed by atoms with Crippen LogP contribution in [0.4, 0.5) is 0 Å². The van der Waals surface area contributed by atoms with Crippen LogP contribution in [0.15, 0.2) is 18.3 Å². The van der Waals surface area contributed by atoms with Gasteiger partial charge >= 0.3 is 0 Å². The van der Waals surface area contributed by atoms with Crippen molar-refractivity contribution in [2.24, 2.45) is 0 Å². The smallest absolute Gasteiger partial charge is 0.273 e. The average molecular weight is 239 g/mol. The summed E-state index contributed by atoms with van der Waals surface area (Å²) in [6.07, 6.45) is 3.70. The Morgan fingerprint density at radius 1 is 1.69 bits per heavy atom. The Balaban J connectivity index is 2.22. The van der Waals surface area contributed by atoms with Crippen molar-refractivity contribution in [1.29, 1.82) is 0 Å². The van der Waals surface area contributed by atoms with Gasteiger partial charge in [-0.1, -0.05) is 6.07 Å². The van der Waals surface area contributed by atoms with Crippen LogP contribution in [0, 0.1) is 6.92 Å². The molecule has 0 aromatic carbocycles. The molecule has 1 saturated heterocycles. The van der Waals surface area contributed by atoms with Crippen molar-refractivity contribution in [2.75, 3.05) is 12.4 Å². The first-order chi connectivity index (χ1) is 7.74. The minimum Gasteiger partial charge on any atom is -0.333 e. The Kier molecular flexibility index (Phi) is 3.44. The van der Waals surface area contributed by atoms with E-state index < -0.39 is 0 Å². The third-order valence-electron chi connectivity index (χ3n) is 3.03. The van der Waals surface area contributed by atoms with E-state index in [9.17, 15) is 4.79 Å². The van der Waals surface area contributed by atoms with Gasteiger partial charge in [0.05, 0.1) is 0 Å². The monoisotopic (exact) mass is 238 g/mol. The second-order valence-electron chi connectivity index (χ2n) is 4.12. The van der Waals surface area contributed by atoms with Crippen LogP contribution in [0.25, 0.3) is 0 Å². The molecule has 1 aromatic rings. The molecule has 1 amide bonds. The molecule has 0 saturated carbocycles. The molecule has 1 fully saturated rings. The quantitative estimate of drug-likeness (QED) is 0.741. The molecule has 16 heavy (non-hydrogen) atoms. The number of halogens is 1. The standard InChI is InChI=1S/C12H15ClN2O/c1-9-4-2-6-14-11(9)12(16)15-7-3-5-10(15)8-13/h2,4,6,10H,3,5,7-8H2,1H3. The molecule has 3 nitrogen and oxygen atoms in total. The molecule has 2 rings (SSSR count). The molecule has 2 heterocycles. The minimum absolute atomic E-state index is 0.0150. The van der Waals surface area contributed by atoms with Crippen molar-refractivity contribution in [3.05, 3.63) is 29.6 Å². The number of carbonyl (C=O) groups excluding carboxylic acids is 1. The first kappa shape index (κ1) is 11.4. The molecule has 0 aliphatic carbocycles. The van der Waals surface area contributed by atoms with Gasteiger partial charge in [0.1, 0.15) is 5.69 Å². The van der Waals surface area contributed by atoms with Crippen LogP contribution in [0.5, 0.6) is 0 Å². The van der Waals surface area contributed by atoms with Crippen molar-refractivity contribution in [2.45, 2.75) is 25.8 Å². The summed E-state index contributed by atoms with van der Waals surface area (Å²) < 4.78 is 0. The zero-order chi connectivity index (χ0) is 11.5. The van der Waals surface area contributed by atoms with E-state index in [0.717, 1.165) is 24.9 Å². The van der Waals surface area contributed by atoms with Gasteiger partial charge in [0.25, 0.3) is 5.91 Å². The lowest BCUT2D eigenvalue weighted by molar-refractivity contribution is 0.0742. The maximum absolute atomic E-state index is 12.2. The Morgan fingerprint density at radius 2 is 2.50 bits per heavy atom. The highest BCUT2D eigenvalue weighted by atomic mass is 35.5. The Morgan fingerprint density at radius 3 is 3.19 bits per heavy atom. The lowest BCUT2D eigenvalue weighted by atomic mass is 10.2. The van der Waals surface area contributed by atoms with Gasteiger partial charge in [-0.25, -0.2) is 0 Å². The lowest BCUT2D eigenvalue weighted by Gasteiger charge is -2.23. The molecule has 0 bridgehead atoms. The third kappa shape index (κ3) is 2.05. The van der Waals surface area contributed by atoms with Gasteiger partial charge < -0.3 is 4.90 Å². The molecule has 86 valence electrons. The Bertz CT molecular complexity index is 394. The van der Waals surface area contributed by atoms with Gasteiger partial charge in [0.15, 0.2) is 0 Å². The van der Waals surface area contributed by atoms with Crippen LogP contribution in [-0.2, 0) is 0 Å². The van der Waals surface area contributed by atoms with Crippen LogP contribution < -0.4 is 0 Å². The number of alkyl halides is 1. The largest absolute Gasteiger partial charge is 0.333 e. The van der Waals surface area contributed by atoms with E-state index >= 15 is 0 Å². The van der Waals surface area contributed by atoms with E-state index in [2.05, 4.69) is 4.98 Å². The molecule has 1 aliphatic heterocycles. The Labute approximate surface area is 100 Å². The molecule has 0 radical (unpaired) electrons. The number of likely N-dealkylation sites (tertiary alicyclic amines) is 1. The maximum atomic E-state index is 12.2. The van der Waals surface area contributed by atoms with Crippen LogP contribution in [0.3, 0.4) is 0 Å². The maximum Gasteiger partial charge on any atom is 0.273 e. The van der Waals surface area contributed by atoms with Crippen molar-refractivity contribution >= 4 is 17.5 Å². The fraction of sp³-hybridized carbons (Fsp3) is 0.500. The highest BCUT2D eigenvalue weighted by Crippen LogP contribution is 2.21. The summed E-state index contributed by atoms with van der Waals surface area (Å²) in [4.78, 5) is 18.2. The topological polar surface area (TPSA) is 33.2 Å². The number of nitrogens with zero attached hydrogens (tertiary/aromatic N) is 2. The predicted octanol–water partition coefficient (Wildman–Crippen LogP) is 2.23. The molecule has 4 heteroatoms. The zero-order valence-corrected chi connectivity index (χ0v) is 10.1. The highest BCUT2D eigenvalue weighted by Gasteiger charge is 2.29. The number of aryl methyl sites for hydroxylation is 1. The molecule has 1 atom stereocenters. The molecular formula is C12H15ClN2O. The highest BCUT2D eigenvalue weighted by molar-refractivity contribution is 6.18.